The van der Waals surface area contributed by atoms with E-state index in [4.69, 9.17) is 0 Å². The second kappa shape index (κ2) is 6.43. The molecule has 1 atom stereocenters. The zero-order valence-electron chi connectivity index (χ0n) is 12.2. The summed E-state index contributed by atoms with van der Waals surface area (Å²) in [6.45, 7) is 3.03. The molecule has 21 heavy (non-hydrogen) atoms. The minimum Gasteiger partial charge on any atom is -0.339 e. The normalized spacial score (nSPS) is 18.9. The van der Waals surface area contributed by atoms with Crippen LogP contribution in [0.2, 0.25) is 0 Å². The van der Waals surface area contributed by atoms with Gasteiger partial charge < -0.3 is 4.90 Å². The summed E-state index contributed by atoms with van der Waals surface area (Å²) in [4.78, 5) is 23.1. The van der Waals surface area contributed by atoms with Crippen LogP contribution in [0.5, 0.6) is 0 Å². The van der Waals surface area contributed by atoms with E-state index >= 15 is 0 Å². The zero-order chi connectivity index (χ0) is 14.7. The molecule has 0 saturated carbocycles. The van der Waals surface area contributed by atoms with Gasteiger partial charge in [0, 0.05) is 30.4 Å². The molecule has 3 heterocycles. The Morgan fingerprint density at radius 2 is 2.24 bits per heavy atom. The van der Waals surface area contributed by atoms with Crippen LogP contribution in [0.25, 0.3) is 10.9 Å². The van der Waals surface area contributed by atoms with Crippen LogP contribution in [-0.2, 0) is 4.79 Å². The molecule has 1 unspecified atom stereocenters. The fourth-order valence-corrected chi connectivity index (χ4v) is 3.66. The Kier molecular flexibility index (Phi) is 4.39. The van der Waals surface area contributed by atoms with Gasteiger partial charge in [0.1, 0.15) is 5.03 Å². The fraction of sp³-hybridized carbons (Fsp3) is 0.438. The molecule has 0 N–H and O–H groups in total. The summed E-state index contributed by atoms with van der Waals surface area (Å²) in [5, 5.41) is 1.91. The minimum absolute atomic E-state index is 0.217. The minimum atomic E-state index is 0.217. The van der Waals surface area contributed by atoms with Crippen LogP contribution in [-0.4, -0.2) is 39.1 Å². The third-order valence-corrected chi connectivity index (χ3v) is 4.94. The molecule has 1 aliphatic rings. The molecule has 2 aromatic rings. The molecule has 0 spiro atoms. The van der Waals surface area contributed by atoms with E-state index in [1.165, 1.54) is 18.2 Å². The lowest BCUT2D eigenvalue weighted by atomic mass is 10.0. The van der Waals surface area contributed by atoms with Crippen LogP contribution in [0, 0.1) is 0 Å². The molecule has 0 aromatic carbocycles. The highest BCUT2D eigenvalue weighted by atomic mass is 32.2. The summed E-state index contributed by atoms with van der Waals surface area (Å²) in [7, 11) is 0. The number of rotatable bonds is 3. The lowest BCUT2D eigenvalue weighted by Crippen LogP contribution is -2.42. The maximum atomic E-state index is 12.4. The number of hydrogen-bond donors (Lipinski definition) is 0. The van der Waals surface area contributed by atoms with Crippen molar-refractivity contribution in [1.29, 1.82) is 0 Å². The average Bonchev–Trinajstić information content (AvgIpc) is 2.53. The number of pyridine rings is 2. The molecular weight excluding hydrogens is 282 g/mol. The molecule has 2 aromatic heterocycles. The number of carbonyl (C=O) groups excluding carboxylic acids is 1. The Hall–Kier alpha value is -1.62. The summed E-state index contributed by atoms with van der Waals surface area (Å²) in [5.74, 6) is 0.667. The quantitative estimate of drug-likeness (QED) is 0.817. The van der Waals surface area contributed by atoms with Crippen LogP contribution >= 0.6 is 11.8 Å². The number of fused-ring (bicyclic) bond motifs is 1. The van der Waals surface area contributed by atoms with Crippen molar-refractivity contribution in [2.24, 2.45) is 0 Å². The highest BCUT2D eigenvalue weighted by Gasteiger charge is 2.23. The third-order valence-electron chi connectivity index (χ3n) is 3.95. The van der Waals surface area contributed by atoms with Crippen molar-refractivity contribution in [2.75, 3.05) is 12.3 Å². The molecule has 0 aliphatic carbocycles. The molecule has 0 bridgehead atoms. The number of hydrogen-bond acceptors (Lipinski definition) is 4. The molecule has 0 radical (unpaired) electrons. The Morgan fingerprint density at radius 1 is 1.33 bits per heavy atom. The fourth-order valence-electron chi connectivity index (χ4n) is 2.77. The Morgan fingerprint density at radius 3 is 3.10 bits per heavy atom. The van der Waals surface area contributed by atoms with Gasteiger partial charge in [-0.05, 0) is 44.4 Å². The first-order valence-electron chi connectivity index (χ1n) is 7.38. The predicted molar refractivity (Wildman–Crippen MR) is 85.3 cm³/mol. The van der Waals surface area contributed by atoms with Gasteiger partial charge >= 0.3 is 0 Å². The van der Waals surface area contributed by atoms with Gasteiger partial charge in [-0.25, -0.2) is 4.98 Å². The maximum Gasteiger partial charge on any atom is 0.233 e. The Labute approximate surface area is 129 Å². The molecule has 4 nitrogen and oxygen atoms in total. The standard InChI is InChI=1S/C16H19N3OS/c1-12-5-2-3-10-19(12)15(20)11-21-16-13-6-4-8-17-14(13)7-9-18-16/h4,6-9,12H,2-3,5,10-11H2,1H3. The van der Waals surface area contributed by atoms with E-state index in [0.717, 1.165) is 35.3 Å². The van der Waals surface area contributed by atoms with Gasteiger partial charge in [0.05, 0.1) is 11.3 Å². The summed E-state index contributed by atoms with van der Waals surface area (Å²) >= 11 is 1.51. The van der Waals surface area contributed by atoms with E-state index < -0.39 is 0 Å². The zero-order valence-corrected chi connectivity index (χ0v) is 13.0. The summed E-state index contributed by atoms with van der Waals surface area (Å²) < 4.78 is 0. The van der Waals surface area contributed by atoms with Crippen molar-refractivity contribution in [3.05, 3.63) is 30.6 Å². The maximum absolute atomic E-state index is 12.4. The molecule has 1 saturated heterocycles. The first kappa shape index (κ1) is 14.3. The third kappa shape index (κ3) is 3.18. The summed E-state index contributed by atoms with van der Waals surface area (Å²) in [6, 6.07) is 6.18. The molecule has 3 rings (SSSR count). The molecule has 1 aliphatic heterocycles. The van der Waals surface area contributed by atoms with Crippen molar-refractivity contribution in [3.8, 4) is 0 Å². The van der Waals surface area contributed by atoms with Gasteiger partial charge in [0.2, 0.25) is 5.91 Å². The van der Waals surface area contributed by atoms with Gasteiger partial charge in [-0.15, -0.1) is 0 Å². The molecule has 1 amide bonds. The van der Waals surface area contributed by atoms with E-state index in [1.807, 2.05) is 23.1 Å². The van der Waals surface area contributed by atoms with Gasteiger partial charge in [-0.3, -0.25) is 9.78 Å². The largest absolute Gasteiger partial charge is 0.339 e. The monoisotopic (exact) mass is 301 g/mol. The lowest BCUT2D eigenvalue weighted by Gasteiger charge is -2.33. The van der Waals surface area contributed by atoms with E-state index in [2.05, 4.69) is 16.9 Å². The first-order valence-corrected chi connectivity index (χ1v) is 8.36. The van der Waals surface area contributed by atoms with Crippen molar-refractivity contribution < 1.29 is 4.79 Å². The number of aromatic nitrogens is 2. The molecule has 5 heteroatoms. The predicted octanol–water partition coefficient (Wildman–Crippen LogP) is 3.12. The van der Waals surface area contributed by atoms with E-state index in [9.17, 15) is 4.79 Å². The SMILES string of the molecule is CC1CCCCN1C(=O)CSc1nccc2ncccc12. The van der Waals surface area contributed by atoms with Crippen LogP contribution < -0.4 is 0 Å². The smallest absolute Gasteiger partial charge is 0.233 e. The topological polar surface area (TPSA) is 46.1 Å². The summed E-state index contributed by atoms with van der Waals surface area (Å²) in [6.07, 6.45) is 7.00. The van der Waals surface area contributed by atoms with Crippen molar-refractivity contribution in [1.82, 2.24) is 14.9 Å². The van der Waals surface area contributed by atoms with Crippen LogP contribution in [0.1, 0.15) is 26.2 Å². The lowest BCUT2D eigenvalue weighted by molar-refractivity contribution is -0.131. The highest BCUT2D eigenvalue weighted by Crippen LogP contribution is 2.25. The number of thioether (sulfide) groups is 1. The number of likely N-dealkylation sites (tertiary alicyclic amines) is 1. The van der Waals surface area contributed by atoms with Gasteiger partial charge in [-0.2, -0.15) is 0 Å². The van der Waals surface area contributed by atoms with Crippen LogP contribution in [0.15, 0.2) is 35.6 Å². The molecule has 110 valence electrons. The van der Waals surface area contributed by atoms with Crippen molar-refractivity contribution in [2.45, 2.75) is 37.3 Å². The van der Waals surface area contributed by atoms with Gasteiger partial charge in [0.25, 0.3) is 0 Å². The van der Waals surface area contributed by atoms with Crippen LogP contribution in [0.3, 0.4) is 0 Å². The Bertz CT molecular complexity index is 641. The average molecular weight is 301 g/mol. The molecular formula is C16H19N3OS. The van der Waals surface area contributed by atoms with Crippen LogP contribution in [0.4, 0.5) is 0 Å². The number of carbonyl (C=O) groups is 1. The number of nitrogens with zero attached hydrogens (tertiary/aromatic N) is 3. The van der Waals surface area contributed by atoms with Gasteiger partial charge in [-0.1, -0.05) is 11.8 Å². The number of piperidine rings is 1. The second-order valence-electron chi connectivity index (χ2n) is 5.41. The summed E-state index contributed by atoms with van der Waals surface area (Å²) in [5.41, 5.74) is 0.925. The van der Waals surface area contributed by atoms with Crippen molar-refractivity contribution >= 4 is 28.6 Å². The van der Waals surface area contributed by atoms with Crippen molar-refractivity contribution in [3.63, 3.8) is 0 Å². The number of amides is 1. The first-order chi connectivity index (χ1) is 10.3. The van der Waals surface area contributed by atoms with E-state index in [0.29, 0.717) is 11.8 Å². The highest BCUT2D eigenvalue weighted by molar-refractivity contribution is 8.00. The van der Waals surface area contributed by atoms with E-state index in [-0.39, 0.29) is 5.91 Å². The second-order valence-corrected chi connectivity index (χ2v) is 6.37. The Balaban J connectivity index is 1.70. The van der Waals surface area contributed by atoms with E-state index in [1.54, 1.807) is 12.4 Å². The molecule has 1 fully saturated rings. The van der Waals surface area contributed by atoms with Gasteiger partial charge in [0.15, 0.2) is 0 Å².